The van der Waals surface area contributed by atoms with Crippen molar-refractivity contribution in [2.24, 2.45) is 5.16 Å². The number of rotatable bonds is 1. The molecule has 1 rings (SSSR count). The van der Waals surface area contributed by atoms with Gasteiger partial charge in [0.1, 0.15) is 12.3 Å². The average molecular weight is 127 g/mol. The lowest BCUT2D eigenvalue weighted by atomic mass is 10.1. The molecule has 3 heteroatoms. The fourth-order valence-electron chi connectivity index (χ4n) is 0.719. The normalized spacial score (nSPS) is 18.8. The second-order valence-corrected chi connectivity index (χ2v) is 1.90. The highest BCUT2D eigenvalue weighted by molar-refractivity contribution is 6.39. The van der Waals surface area contributed by atoms with Crippen LogP contribution in [0, 0.1) is 0 Å². The summed E-state index contributed by atoms with van der Waals surface area (Å²) in [4.78, 5) is 15.5. The smallest absolute Gasteiger partial charge is 0.183 e. The Labute approximate surface area is 53.7 Å². The number of carbonyl (C=O) groups is 1. The van der Waals surface area contributed by atoms with Gasteiger partial charge in [-0.15, -0.1) is 0 Å². The molecule has 0 atom stereocenters. The predicted octanol–water partition coefficient (Wildman–Crippen LogP) is 0.742. The largest absolute Gasteiger partial charge is 0.395 e. The zero-order valence-corrected chi connectivity index (χ0v) is 5.39. The van der Waals surface area contributed by atoms with Gasteiger partial charge in [-0.3, -0.25) is 4.79 Å². The molecule has 0 aromatic carbocycles. The van der Waals surface area contributed by atoms with E-state index in [1.807, 2.05) is 6.92 Å². The molecule has 50 valence electrons. The van der Waals surface area contributed by atoms with E-state index in [2.05, 4.69) is 5.16 Å². The summed E-state index contributed by atoms with van der Waals surface area (Å²) < 4.78 is 0. The zero-order chi connectivity index (χ0) is 6.69. The molecule has 0 N–H and O–H groups in total. The second-order valence-electron chi connectivity index (χ2n) is 1.90. The van der Waals surface area contributed by atoms with Crippen LogP contribution in [-0.2, 0) is 9.63 Å². The number of hydrogen-bond acceptors (Lipinski definition) is 3. The third-order valence-electron chi connectivity index (χ3n) is 1.25. The molecule has 0 unspecified atom stereocenters. The van der Waals surface area contributed by atoms with E-state index in [1.54, 1.807) is 0 Å². The van der Waals surface area contributed by atoms with Crippen LogP contribution in [0.25, 0.3) is 0 Å². The van der Waals surface area contributed by atoms with Gasteiger partial charge >= 0.3 is 0 Å². The Kier molecular flexibility index (Phi) is 1.82. The quantitative estimate of drug-likeness (QED) is 0.521. The summed E-state index contributed by atoms with van der Waals surface area (Å²) in [5.41, 5.74) is 0.571. The lowest BCUT2D eigenvalue weighted by molar-refractivity contribution is -0.115. The summed E-state index contributed by atoms with van der Waals surface area (Å²) >= 11 is 0. The molecule has 1 aliphatic rings. The molecule has 9 heavy (non-hydrogen) atoms. The van der Waals surface area contributed by atoms with Crippen molar-refractivity contribution in [3.05, 3.63) is 0 Å². The number of Topliss-reactive ketones (excluding diaryl/α,β-unsaturated/α-hetero) is 1. The van der Waals surface area contributed by atoms with Gasteiger partial charge in [-0.25, -0.2) is 0 Å². The molecule has 0 saturated carbocycles. The van der Waals surface area contributed by atoms with E-state index in [0.29, 0.717) is 25.2 Å². The van der Waals surface area contributed by atoms with Gasteiger partial charge in [-0.2, -0.15) is 0 Å². The van der Waals surface area contributed by atoms with E-state index in [1.165, 1.54) is 0 Å². The summed E-state index contributed by atoms with van der Waals surface area (Å²) in [5.74, 6) is 0.128. The Balaban J connectivity index is 2.64. The minimum Gasteiger partial charge on any atom is -0.395 e. The van der Waals surface area contributed by atoms with E-state index < -0.39 is 0 Å². The minimum absolute atomic E-state index is 0.128. The van der Waals surface area contributed by atoms with Gasteiger partial charge in [-0.1, -0.05) is 12.1 Å². The fraction of sp³-hybridized carbons (Fsp3) is 0.667. The molecule has 3 nitrogen and oxygen atoms in total. The van der Waals surface area contributed by atoms with E-state index in [9.17, 15) is 4.79 Å². The summed E-state index contributed by atoms with van der Waals surface area (Å²) in [6, 6.07) is 0. The first kappa shape index (κ1) is 6.26. The summed E-state index contributed by atoms with van der Waals surface area (Å²) in [6.07, 6.45) is 1.17. The van der Waals surface area contributed by atoms with E-state index in [0.717, 1.165) is 0 Å². The number of carbonyl (C=O) groups excluding carboxylic acids is 1. The molecule has 0 amide bonds. The summed E-state index contributed by atoms with van der Waals surface area (Å²) in [6.45, 7) is 2.34. The van der Waals surface area contributed by atoms with Crippen molar-refractivity contribution >= 4 is 11.5 Å². The second kappa shape index (κ2) is 2.62. The molecule has 0 bridgehead atoms. The maximum atomic E-state index is 10.8. The Morgan fingerprint density at radius 1 is 1.78 bits per heavy atom. The summed E-state index contributed by atoms with van der Waals surface area (Å²) in [7, 11) is 0. The van der Waals surface area contributed by atoms with Crippen molar-refractivity contribution in [2.45, 2.75) is 19.8 Å². The first-order valence-electron chi connectivity index (χ1n) is 3.06. The van der Waals surface area contributed by atoms with Crippen LogP contribution in [0.1, 0.15) is 19.8 Å². The lowest BCUT2D eigenvalue weighted by Gasteiger charge is -2.07. The molecule has 0 aromatic heterocycles. The molecule has 0 radical (unpaired) electrons. The van der Waals surface area contributed by atoms with Crippen LogP contribution < -0.4 is 0 Å². The summed E-state index contributed by atoms with van der Waals surface area (Å²) in [5, 5.41) is 3.60. The highest BCUT2D eigenvalue weighted by Crippen LogP contribution is 2.00. The van der Waals surface area contributed by atoms with Gasteiger partial charge in [0.15, 0.2) is 5.78 Å². The molecular formula is C6H9NO2. The van der Waals surface area contributed by atoms with Crippen LogP contribution in [0.2, 0.25) is 0 Å². The number of oxime groups is 1. The maximum absolute atomic E-state index is 10.8. The van der Waals surface area contributed by atoms with Crippen molar-refractivity contribution < 1.29 is 9.63 Å². The van der Waals surface area contributed by atoms with Gasteiger partial charge < -0.3 is 4.84 Å². The van der Waals surface area contributed by atoms with Crippen molar-refractivity contribution in [1.29, 1.82) is 0 Å². The highest BCUT2D eigenvalue weighted by Gasteiger charge is 2.13. The monoisotopic (exact) mass is 127 g/mol. The Bertz CT molecular complexity index is 151. The lowest BCUT2D eigenvalue weighted by Crippen LogP contribution is -2.19. The van der Waals surface area contributed by atoms with Gasteiger partial charge in [0.2, 0.25) is 0 Å². The maximum Gasteiger partial charge on any atom is 0.183 e. The molecule has 0 saturated heterocycles. The van der Waals surface area contributed by atoms with Gasteiger partial charge in [0.25, 0.3) is 0 Å². The first-order valence-corrected chi connectivity index (χ1v) is 3.06. The van der Waals surface area contributed by atoms with Crippen LogP contribution in [0.15, 0.2) is 5.16 Å². The van der Waals surface area contributed by atoms with Crippen LogP contribution in [0.3, 0.4) is 0 Å². The zero-order valence-electron chi connectivity index (χ0n) is 5.39. The fourth-order valence-corrected chi connectivity index (χ4v) is 0.719. The third-order valence-corrected chi connectivity index (χ3v) is 1.25. The first-order chi connectivity index (χ1) is 4.34. The molecular weight excluding hydrogens is 118 g/mol. The van der Waals surface area contributed by atoms with E-state index in [-0.39, 0.29) is 5.78 Å². The molecule has 0 fully saturated rings. The molecule has 1 heterocycles. The van der Waals surface area contributed by atoms with Crippen LogP contribution in [0.4, 0.5) is 0 Å². The topological polar surface area (TPSA) is 38.7 Å². The average Bonchev–Trinajstić information content (AvgIpc) is 1.89. The number of hydrogen-bond donors (Lipinski definition) is 0. The Morgan fingerprint density at radius 2 is 2.56 bits per heavy atom. The van der Waals surface area contributed by atoms with Crippen molar-refractivity contribution in [1.82, 2.24) is 0 Å². The van der Waals surface area contributed by atoms with Gasteiger partial charge in [0, 0.05) is 6.42 Å². The minimum atomic E-state index is 0.128. The van der Waals surface area contributed by atoms with Gasteiger partial charge in [-0.05, 0) is 6.42 Å². The van der Waals surface area contributed by atoms with Crippen LogP contribution in [-0.4, -0.2) is 18.1 Å². The van der Waals surface area contributed by atoms with Crippen LogP contribution in [0.5, 0.6) is 0 Å². The van der Waals surface area contributed by atoms with E-state index >= 15 is 0 Å². The highest BCUT2D eigenvalue weighted by atomic mass is 16.6. The SMILES string of the molecule is CCC1=NOCCC1=O. The van der Waals surface area contributed by atoms with E-state index in [4.69, 9.17) is 4.84 Å². The van der Waals surface area contributed by atoms with Crippen molar-refractivity contribution in [3.63, 3.8) is 0 Å². The van der Waals surface area contributed by atoms with Crippen molar-refractivity contribution in [3.8, 4) is 0 Å². The molecule has 0 spiro atoms. The Hall–Kier alpha value is -0.860. The van der Waals surface area contributed by atoms with Crippen molar-refractivity contribution in [2.75, 3.05) is 6.61 Å². The standard InChI is InChI=1S/C6H9NO2/c1-2-5-6(8)3-4-9-7-5/h2-4H2,1H3. The molecule has 0 aliphatic carbocycles. The Morgan fingerprint density at radius 3 is 3.00 bits per heavy atom. The van der Waals surface area contributed by atoms with Crippen LogP contribution >= 0.6 is 0 Å². The molecule has 1 aliphatic heterocycles. The number of nitrogens with zero attached hydrogens (tertiary/aromatic N) is 1. The third kappa shape index (κ3) is 1.28. The predicted molar refractivity (Wildman–Crippen MR) is 33.3 cm³/mol. The van der Waals surface area contributed by atoms with Gasteiger partial charge in [0.05, 0.1) is 0 Å². The molecule has 0 aromatic rings. The number of ketones is 1.